The number of anilines is 2. The van der Waals surface area contributed by atoms with Crippen LogP contribution < -0.4 is 10.1 Å². The number of ether oxygens (including phenoxy) is 1. The quantitative estimate of drug-likeness (QED) is 0.743. The summed E-state index contributed by atoms with van der Waals surface area (Å²) in [7, 11) is 1.63. The average molecular weight is 354 g/mol. The van der Waals surface area contributed by atoms with Gasteiger partial charge in [0.25, 0.3) is 0 Å². The van der Waals surface area contributed by atoms with Gasteiger partial charge in [-0.15, -0.1) is 0 Å². The number of nitrogens with one attached hydrogen (secondary N) is 2. The highest BCUT2D eigenvalue weighted by atomic mass is 32.2. The number of rotatable bonds is 4. The molecule has 0 unspecified atom stereocenters. The number of benzene rings is 1. The van der Waals surface area contributed by atoms with E-state index in [0.717, 1.165) is 50.7 Å². The van der Waals surface area contributed by atoms with E-state index in [4.69, 9.17) is 4.74 Å². The number of thioether (sulfide) groups is 1. The van der Waals surface area contributed by atoms with Gasteiger partial charge >= 0.3 is 0 Å². The van der Waals surface area contributed by atoms with Crippen LogP contribution in [-0.4, -0.2) is 27.2 Å². The molecule has 0 radical (unpaired) electrons. The Morgan fingerprint density at radius 2 is 2.20 bits per heavy atom. The Bertz CT molecular complexity index is 996. The Morgan fingerprint density at radius 3 is 2.96 bits per heavy atom. The van der Waals surface area contributed by atoms with Crippen LogP contribution in [0.25, 0.3) is 11.0 Å². The van der Waals surface area contributed by atoms with E-state index in [0.29, 0.717) is 12.2 Å². The summed E-state index contributed by atoms with van der Waals surface area (Å²) in [6.07, 6.45) is 2.89. The lowest BCUT2D eigenvalue weighted by atomic mass is 10.1. The molecule has 0 saturated heterocycles. The minimum atomic E-state index is 0.160. The van der Waals surface area contributed by atoms with Gasteiger partial charge in [0.2, 0.25) is 0 Å². The van der Waals surface area contributed by atoms with Crippen molar-refractivity contribution in [2.75, 3.05) is 12.4 Å². The number of methoxy groups -OCH3 is 1. The average Bonchev–Trinajstić information content (AvgIpc) is 3.13. The number of nitrogens with zero attached hydrogens (tertiary/aromatic N) is 2. The maximum Gasteiger partial charge on any atom is 0.198 e. The third kappa shape index (κ3) is 2.64. The molecule has 25 heavy (non-hydrogen) atoms. The van der Waals surface area contributed by atoms with E-state index in [2.05, 4.69) is 34.1 Å². The van der Waals surface area contributed by atoms with Gasteiger partial charge in [-0.2, -0.15) is 0 Å². The molecule has 6 nitrogen and oxygen atoms in total. The number of fused-ring (bicyclic) bond motifs is 2. The normalized spacial score (nSPS) is 13.3. The molecular weight excluding hydrogens is 336 g/mol. The predicted octanol–water partition coefficient (Wildman–Crippen LogP) is 3.76. The Hall–Kier alpha value is -2.54. The van der Waals surface area contributed by atoms with Crippen molar-refractivity contribution >= 4 is 39.4 Å². The van der Waals surface area contributed by atoms with Crippen LogP contribution >= 0.6 is 11.8 Å². The largest absolute Gasteiger partial charge is 0.495 e. The Morgan fingerprint density at radius 1 is 1.36 bits per heavy atom. The summed E-state index contributed by atoms with van der Waals surface area (Å²) in [6.45, 7) is 4.18. The highest BCUT2D eigenvalue weighted by Crippen LogP contribution is 2.41. The summed E-state index contributed by atoms with van der Waals surface area (Å²) >= 11 is 1.28. The van der Waals surface area contributed by atoms with Gasteiger partial charge in [0.15, 0.2) is 5.12 Å². The van der Waals surface area contributed by atoms with Gasteiger partial charge in [0, 0.05) is 17.0 Å². The molecule has 0 aliphatic carbocycles. The van der Waals surface area contributed by atoms with Crippen molar-refractivity contribution in [1.29, 1.82) is 0 Å². The first-order chi connectivity index (χ1) is 12.1. The first kappa shape index (κ1) is 16.0. The third-order valence-corrected chi connectivity index (χ3v) is 5.46. The Balaban J connectivity index is 1.81. The van der Waals surface area contributed by atoms with Crippen LogP contribution in [0.2, 0.25) is 0 Å². The summed E-state index contributed by atoms with van der Waals surface area (Å²) in [6, 6.07) is 3.88. The first-order valence-electron chi connectivity index (χ1n) is 8.11. The molecule has 2 N–H and O–H groups in total. The van der Waals surface area contributed by atoms with Crippen LogP contribution in [0.3, 0.4) is 0 Å². The van der Waals surface area contributed by atoms with E-state index in [-0.39, 0.29) is 5.12 Å². The number of H-pyrrole nitrogens is 1. The van der Waals surface area contributed by atoms with Gasteiger partial charge in [0.05, 0.1) is 18.2 Å². The predicted molar refractivity (Wildman–Crippen MR) is 98.8 cm³/mol. The van der Waals surface area contributed by atoms with Crippen LogP contribution in [0.4, 0.5) is 11.5 Å². The SMILES string of the molecule is CCc1[nH]c2ncnc(Nc3cc4c(cc3OC)CC(=O)S4)c2c1C. The minimum absolute atomic E-state index is 0.160. The van der Waals surface area contributed by atoms with Crippen LogP contribution in [0, 0.1) is 6.92 Å². The fourth-order valence-electron chi connectivity index (χ4n) is 3.22. The second-order valence-corrected chi connectivity index (χ2v) is 7.06. The van der Waals surface area contributed by atoms with Crippen molar-refractivity contribution in [1.82, 2.24) is 15.0 Å². The number of carbonyl (C=O) groups excluding carboxylic acids is 1. The minimum Gasteiger partial charge on any atom is -0.495 e. The van der Waals surface area contributed by atoms with Crippen LogP contribution in [-0.2, 0) is 17.6 Å². The molecule has 0 saturated carbocycles. The van der Waals surface area contributed by atoms with E-state index < -0.39 is 0 Å². The van der Waals surface area contributed by atoms with Crippen molar-refractivity contribution in [3.63, 3.8) is 0 Å². The molecule has 0 bridgehead atoms. The molecule has 1 aliphatic heterocycles. The fourth-order valence-corrected chi connectivity index (χ4v) is 4.13. The molecule has 3 aromatic rings. The summed E-state index contributed by atoms with van der Waals surface area (Å²) in [4.78, 5) is 24.8. The molecule has 1 aromatic carbocycles. The lowest BCUT2D eigenvalue weighted by molar-refractivity contribution is -0.110. The number of hydrogen-bond donors (Lipinski definition) is 2. The topological polar surface area (TPSA) is 79.9 Å². The summed E-state index contributed by atoms with van der Waals surface area (Å²) in [5.41, 5.74) is 4.92. The second-order valence-electron chi connectivity index (χ2n) is 5.96. The molecule has 0 amide bonds. The number of aromatic amines is 1. The van der Waals surface area contributed by atoms with Crippen LogP contribution in [0.5, 0.6) is 5.75 Å². The van der Waals surface area contributed by atoms with Crippen molar-refractivity contribution in [3.05, 3.63) is 35.3 Å². The van der Waals surface area contributed by atoms with Gasteiger partial charge in [-0.3, -0.25) is 4.79 Å². The molecule has 2 aromatic heterocycles. The highest BCUT2D eigenvalue weighted by molar-refractivity contribution is 8.14. The zero-order valence-electron chi connectivity index (χ0n) is 14.3. The molecular formula is C18H18N4O2S. The molecule has 3 heterocycles. The second kappa shape index (κ2) is 6.07. The Kier molecular flexibility index (Phi) is 3.88. The number of aryl methyl sites for hydroxylation is 2. The van der Waals surface area contributed by atoms with E-state index >= 15 is 0 Å². The van der Waals surface area contributed by atoms with Crippen molar-refractivity contribution in [2.45, 2.75) is 31.6 Å². The molecule has 128 valence electrons. The van der Waals surface area contributed by atoms with Gasteiger partial charge < -0.3 is 15.0 Å². The van der Waals surface area contributed by atoms with Gasteiger partial charge in [-0.25, -0.2) is 9.97 Å². The monoisotopic (exact) mass is 354 g/mol. The van der Waals surface area contributed by atoms with E-state index in [1.807, 2.05) is 12.1 Å². The highest BCUT2D eigenvalue weighted by Gasteiger charge is 2.23. The van der Waals surface area contributed by atoms with Crippen LogP contribution in [0.15, 0.2) is 23.4 Å². The van der Waals surface area contributed by atoms with Crippen molar-refractivity contribution < 1.29 is 9.53 Å². The van der Waals surface area contributed by atoms with Gasteiger partial charge in [0.1, 0.15) is 23.5 Å². The maximum absolute atomic E-state index is 11.7. The third-order valence-electron chi connectivity index (χ3n) is 4.49. The van der Waals surface area contributed by atoms with E-state index in [9.17, 15) is 4.79 Å². The van der Waals surface area contributed by atoms with Gasteiger partial charge in [-0.05, 0) is 36.6 Å². The standard InChI is InChI=1S/C18H18N4O2S/c1-4-11-9(2)16-17(21-11)19-8-20-18(16)22-12-7-14-10(5-13(12)24-3)6-15(23)25-14/h5,7-8H,4,6H2,1-3H3,(H2,19,20,21,22). The summed E-state index contributed by atoms with van der Waals surface area (Å²) in [5, 5.41) is 4.51. The lowest BCUT2D eigenvalue weighted by Crippen LogP contribution is -1.99. The maximum atomic E-state index is 11.7. The van der Waals surface area contributed by atoms with Crippen molar-refractivity contribution in [3.8, 4) is 5.75 Å². The van der Waals surface area contributed by atoms with E-state index in [1.165, 1.54) is 18.1 Å². The van der Waals surface area contributed by atoms with Crippen molar-refractivity contribution in [2.24, 2.45) is 0 Å². The molecule has 0 spiro atoms. The summed E-state index contributed by atoms with van der Waals surface area (Å²) < 4.78 is 5.51. The van der Waals surface area contributed by atoms with Crippen LogP contribution in [0.1, 0.15) is 23.7 Å². The molecule has 0 atom stereocenters. The zero-order chi connectivity index (χ0) is 17.6. The molecule has 4 rings (SSSR count). The lowest BCUT2D eigenvalue weighted by Gasteiger charge is -2.13. The molecule has 1 aliphatic rings. The molecule has 0 fully saturated rings. The summed E-state index contributed by atoms with van der Waals surface area (Å²) in [5.74, 6) is 1.43. The zero-order valence-corrected chi connectivity index (χ0v) is 15.1. The fraction of sp³-hybridized carbons (Fsp3) is 0.278. The number of carbonyl (C=O) groups is 1. The van der Waals surface area contributed by atoms with Gasteiger partial charge in [-0.1, -0.05) is 18.7 Å². The number of aromatic nitrogens is 3. The molecule has 7 heteroatoms. The van der Waals surface area contributed by atoms with E-state index in [1.54, 1.807) is 7.11 Å². The number of hydrogen-bond acceptors (Lipinski definition) is 6. The Labute approximate surface area is 149 Å². The smallest absolute Gasteiger partial charge is 0.198 e. The first-order valence-corrected chi connectivity index (χ1v) is 8.93.